The fourth-order valence-corrected chi connectivity index (χ4v) is 1.61. The van der Waals surface area contributed by atoms with Gasteiger partial charge in [0.2, 0.25) is 0 Å². The molecule has 0 aromatic carbocycles. The normalized spacial score (nSPS) is 14.5. The highest BCUT2D eigenvalue weighted by atomic mass is 19.1. The zero-order valence-corrected chi connectivity index (χ0v) is 9.37. The van der Waals surface area contributed by atoms with Crippen LogP contribution in [0.3, 0.4) is 0 Å². The van der Waals surface area contributed by atoms with Crippen molar-refractivity contribution >= 4 is 11.7 Å². The third-order valence-corrected chi connectivity index (χ3v) is 2.81. The molecular formula is C11H15FN4O. The Hall–Kier alpha value is -1.69. The summed E-state index contributed by atoms with van der Waals surface area (Å²) in [6, 6.07) is 1.34. The average Bonchev–Trinajstić information content (AvgIpc) is 3.13. The second-order valence-electron chi connectivity index (χ2n) is 4.15. The molecule has 0 unspecified atom stereocenters. The number of amides is 1. The maximum absolute atomic E-state index is 13.7. The van der Waals surface area contributed by atoms with Gasteiger partial charge < -0.3 is 10.7 Å². The first kappa shape index (κ1) is 11.8. The maximum Gasteiger partial charge on any atom is 0.254 e. The number of nitrogens with one attached hydrogen (secondary N) is 2. The number of carbonyl (C=O) groups is 1. The largest absolute Gasteiger partial charge is 0.352 e. The third-order valence-electron chi connectivity index (χ3n) is 2.81. The lowest BCUT2D eigenvalue weighted by molar-refractivity contribution is 0.0948. The van der Waals surface area contributed by atoms with Crippen LogP contribution >= 0.6 is 0 Å². The molecule has 0 atom stereocenters. The maximum atomic E-state index is 13.7. The van der Waals surface area contributed by atoms with Gasteiger partial charge in [-0.1, -0.05) is 12.8 Å². The van der Waals surface area contributed by atoms with E-state index in [1.165, 1.54) is 25.1 Å². The van der Waals surface area contributed by atoms with E-state index in [4.69, 9.17) is 5.84 Å². The lowest BCUT2D eigenvalue weighted by atomic mass is 10.2. The first-order valence-electron chi connectivity index (χ1n) is 5.61. The SMILES string of the molecule is NNc1nccc(C(=O)NCCC2CC2)c1F. The minimum absolute atomic E-state index is 0.0382. The van der Waals surface area contributed by atoms with E-state index < -0.39 is 11.7 Å². The monoisotopic (exact) mass is 238 g/mol. The zero-order valence-electron chi connectivity index (χ0n) is 9.37. The van der Waals surface area contributed by atoms with E-state index in [0.29, 0.717) is 6.54 Å². The van der Waals surface area contributed by atoms with Crippen molar-refractivity contribution in [3.8, 4) is 0 Å². The molecular weight excluding hydrogens is 223 g/mol. The van der Waals surface area contributed by atoms with Gasteiger partial charge in [-0.3, -0.25) is 4.79 Å². The summed E-state index contributed by atoms with van der Waals surface area (Å²) in [7, 11) is 0. The Bertz CT molecular complexity index is 420. The molecule has 1 aromatic rings. The summed E-state index contributed by atoms with van der Waals surface area (Å²) in [6.45, 7) is 0.580. The minimum Gasteiger partial charge on any atom is -0.352 e. The molecule has 0 radical (unpaired) electrons. The van der Waals surface area contributed by atoms with E-state index in [0.717, 1.165) is 12.3 Å². The lowest BCUT2D eigenvalue weighted by Gasteiger charge is -2.07. The van der Waals surface area contributed by atoms with E-state index in [1.807, 2.05) is 0 Å². The fourth-order valence-electron chi connectivity index (χ4n) is 1.61. The number of halogens is 1. The first-order valence-corrected chi connectivity index (χ1v) is 5.61. The Morgan fingerprint density at radius 3 is 3.00 bits per heavy atom. The Balaban J connectivity index is 1.97. The van der Waals surface area contributed by atoms with Gasteiger partial charge >= 0.3 is 0 Å². The van der Waals surface area contributed by atoms with Crippen molar-refractivity contribution < 1.29 is 9.18 Å². The number of pyridine rings is 1. The number of nitrogens with zero attached hydrogens (tertiary/aromatic N) is 1. The van der Waals surface area contributed by atoms with Gasteiger partial charge in [0.1, 0.15) is 0 Å². The highest BCUT2D eigenvalue weighted by molar-refractivity contribution is 5.95. The van der Waals surface area contributed by atoms with Crippen LogP contribution in [-0.4, -0.2) is 17.4 Å². The van der Waals surface area contributed by atoms with E-state index in [1.54, 1.807) is 0 Å². The van der Waals surface area contributed by atoms with Crippen molar-refractivity contribution in [1.29, 1.82) is 0 Å². The third kappa shape index (κ3) is 2.91. The smallest absolute Gasteiger partial charge is 0.254 e. The van der Waals surface area contributed by atoms with Crippen molar-refractivity contribution in [2.75, 3.05) is 12.0 Å². The summed E-state index contributed by atoms with van der Waals surface area (Å²) in [4.78, 5) is 15.4. The first-order chi connectivity index (χ1) is 8.22. The van der Waals surface area contributed by atoms with Gasteiger partial charge in [0.25, 0.3) is 5.91 Å². The summed E-state index contributed by atoms with van der Waals surface area (Å²) in [5.41, 5.74) is 2.07. The van der Waals surface area contributed by atoms with Gasteiger partial charge in [-0.2, -0.15) is 0 Å². The standard InChI is InChI=1S/C11H15FN4O/c12-9-8(4-6-14-10(9)16-13)11(17)15-5-3-7-1-2-7/h4,6-7H,1-3,5,13H2,(H,14,16)(H,15,17). The quantitative estimate of drug-likeness (QED) is 0.529. The lowest BCUT2D eigenvalue weighted by Crippen LogP contribution is -2.26. The molecule has 0 spiro atoms. The second kappa shape index (κ2) is 5.09. The Morgan fingerprint density at radius 1 is 1.59 bits per heavy atom. The molecule has 5 nitrogen and oxygen atoms in total. The highest BCUT2D eigenvalue weighted by Gasteiger charge is 2.21. The van der Waals surface area contributed by atoms with Gasteiger partial charge in [-0.25, -0.2) is 15.2 Å². The van der Waals surface area contributed by atoms with E-state index in [2.05, 4.69) is 15.7 Å². The molecule has 92 valence electrons. The van der Waals surface area contributed by atoms with Crippen LogP contribution in [0.25, 0.3) is 0 Å². The summed E-state index contributed by atoms with van der Waals surface area (Å²) in [5, 5.41) is 2.69. The molecule has 1 heterocycles. The average molecular weight is 238 g/mol. The number of hydrogen-bond acceptors (Lipinski definition) is 4. The Kier molecular flexibility index (Phi) is 3.53. The minimum atomic E-state index is -0.723. The van der Waals surface area contributed by atoms with Crippen LogP contribution in [0, 0.1) is 11.7 Å². The van der Waals surface area contributed by atoms with Crippen molar-refractivity contribution in [2.24, 2.45) is 11.8 Å². The summed E-state index contributed by atoms with van der Waals surface area (Å²) in [5.74, 6) is 4.54. The topological polar surface area (TPSA) is 80.0 Å². The molecule has 2 rings (SSSR count). The molecule has 1 saturated carbocycles. The number of nitrogen functional groups attached to an aromatic ring is 1. The number of carbonyl (C=O) groups excluding carboxylic acids is 1. The number of anilines is 1. The number of hydrazine groups is 1. The molecule has 0 bridgehead atoms. The molecule has 0 aliphatic heterocycles. The fraction of sp³-hybridized carbons (Fsp3) is 0.455. The van der Waals surface area contributed by atoms with Crippen molar-refractivity contribution in [3.05, 3.63) is 23.6 Å². The van der Waals surface area contributed by atoms with Crippen LogP contribution in [0.5, 0.6) is 0 Å². The van der Waals surface area contributed by atoms with Gasteiger partial charge in [0.05, 0.1) is 5.56 Å². The van der Waals surface area contributed by atoms with Gasteiger partial charge in [0.15, 0.2) is 11.6 Å². The molecule has 6 heteroatoms. The van der Waals surface area contributed by atoms with Crippen LogP contribution in [0.15, 0.2) is 12.3 Å². The Morgan fingerprint density at radius 2 is 2.35 bits per heavy atom. The summed E-state index contributed by atoms with van der Waals surface area (Å²) < 4.78 is 13.7. The van der Waals surface area contributed by atoms with Crippen molar-refractivity contribution in [1.82, 2.24) is 10.3 Å². The molecule has 1 aromatic heterocycles. The molecule has 0 saturated heterocycles. The van der Waals surface area contributed by atoms with Crippen molar-refractivity contribution in [2.45, 2.75) is 19.3 Å². The van der Waals surface area contributed by atoms with E-state index >= 15 is 0 Å². The van der Waals surface area contributed by atoms with Crippen LogP contribution in [0.1, 0.15) is 29.6 Å². The van der Waals surface area contributed by atoms with Gasteiger partial charge in [-0.15, -0.1) is 0 Å². The molecule has 1 aliphatic rings. The van der Waals surface area contributed by atoms with Gasteiger partial charge in [-0.05, 0) is 18.4 Å². The van der Waals surface area contributed by atoms with Crippen LogP contribution < -0.4 is 16.6 Å². The number of rotatable bonds is 5. The van der Waals surface area contributed by atoms with Crippen LogP contribution in [0.4, 0.5) is 10.2 Å². The molecule has 17 heavy (non-hydrogen) atoms. The van der Waals surface area contributed by atoms with E-state index in [9.17, 15) is 9.18 Å². The second-order valence-corrected chi connectivity index (χ2v) is 4.15. The van der Waals surface area contributed by atoms with Crippen LogP contribution in [-0.2, 0) is 0 Å². The molecule has 1 amide bonds. The number of aromatic nitrogens is 1. The summed E-state index contributed by atoms with van der Waals surface area (Å²) in [6.07, 6.45) is 4.77. The number of nitrogens with two attached hydrogens (primary N) is 1. The van der Waals surface area contributed by atoms with Crippen molar-refractivity contribution in [3.63, 3.8) is 0 Å². The predicted molar refractivity (Wildman–Crippen MR) is 61.7 cm³/mol. The van der Waals surface area contributed by atoms with E-state index in [-0.39, 0.29) is 11.4 Å². The van der Waals surface area contributed by atoms with Gasteiger partial charge in [0, 0.05) is 12.7 Å². The molecule has 1 aliphatic carbocycles. The zero-order chi connectivity index (χ0) is 12.3. The summed E-state index contributed by atoms with van der Waals surface area (Å²) >= 11 is 0. The predicted octanol–water partition coefficient (Wildman–Crippen LogP) is 1.04. The van der Waals surface area contributed by atoms with Crippen LogP contribution in [0.2, 0.25) is 0 Å². The number of hydrogen-bond donors (Lipinski definition) is 3. The molecule has 4 N–H and O–H groups in total. The Labute approximate surface area is 98.6 Å². The molecule has 1 fully saturated rings. The highest BCUT2D eigenvalue weighted by Crippen LogP contribution is 2.31.